The summed E-state index contributed by atoms with van der Waals surface area (Å²) in [7, 11) is 0. The average Bonchev–Trinajstić information content (AvgIpc) is 3.34. The molecule has 1 aliphatic heterocycles. The van der Waals surface area contributed by atoms with Crippen LogP contribution in [0.3, 0.4) is 0 Å². The van der Waals surface area contributed by atoms with Crippen molar-refractivity contribution in [3.05, 3.63) is 47.4 Å². The van der Waals surface area contributed by atoms with Crippen LogP contribution < -0.4 is 0 Å². The SMILES string of the molecule is Cc1cccc(-c2cc(C(=O)[C@@H](C)C(=O)N3C(=O)OC(C)(C)[C@H]3C(C)C)oc2CCCOCCO)c1. The van der Waals surface area contributed by atoms with Crippen LogP contribution in [0.5, 0.6) is 0 Å². The van der Waals surface area contributed by atoms with Gasteiger partial charge in [0.15, 0.2) is 5.76 Å². The number of furan rings is 1. The molecular formula is C28H37NO7. The largest absolute Gasteiger partial charge is 0.457 e. The van der Waals surface area contributed by atoms with Gasteiger partial charge in [0.25, 0.3) is 0 Å². The van der Waals surface area contributed by atoms with Crippen molar-refractivity contribution in [2.45, 2.75) is 66.0 Å². The number of aliphatic hydroxyl groups is 1. The van der Waals surface area contributed by atoms with Crippen LogP contribution in [-0.2, 0) is 20.7 Å². The minimum absolute atomic E-state index is 0.0424. The van der Waals surface area contributed by atoms with Crippen LogP contribution in [0.15, 0.2) is 34.7 Å². The number of hydrogen-bond acceptors (Lipinski definition) is 7. The van der Waals surface area contributed by atoms with Gasteiger partial charge in [0, 0.05) is 18.6 Å². The zero-order chi connectivity index (χ0) is 26.6. The summed E-state index contributed by atoms with van der Waals surface area (Å²) >= 11 is 0. The van der Waals surface area contributed by atoms with Gasteiger partial charge >= 0.3 is 6.09 Å². The molecule has 1 aromatic heterocycles. The number of aliphatic hydroxyl groups excluding tert-OH is 1. The summed E-state index contributed by atoms with van der Waals surface area (Å²) in [5.41, 5.74) is 1.91. The van der Waals surface area contributed by atoms with Gasteiger partial charge in [0.05, 0.1) is 19.3 Å². The van der Waals surface area contributed by atoms with Crippen molar-refractivity contribution < 1.29 is 33.4 Å². The van der Waals surface area contributed by atoms with Gasteiger partial charge < -0.3 is 19.0 Å². The van der Waals surface area contributed by atoms with Crippen LogP contribution in [0, 0.1) is 18.8 Å². The monoisotopic (exact) mass is 499 g/mol. The summed E-state index contributed by atoms with van der Waals surface area (Å²) in [6, 6.07) is 9.07. The third-order valence-electron chi connectivity index (χ3n) is 6.48. The average molecular weight is 500 g/mol. The summed E-state index contributed by atoms with van der Waals surface area (Å²) in [6.07, 6.45) is 0.429. The van der Waals surface area contributed by atoms with Crippen molar-refractivity contribution in [1.29, 1.82) is 0 Å². The molecule has 36 heavy (non-hydrogen) atoms. The maximum Gasteiger partial charge on any atom is 0.417 e. The highest BCUT2D eigenvalue weighted by Crippen LogP contribution is 2.36. The van der Waals surface area contributed by atoms with E-state index in [1.54, 1.807) is 19.9 Å². The van der Waals surface area contributed by atoms with E-state index in [4.69, 9.17) is 19.0 Å². The molecule has 1 aromatic carbocycles. The van der Waals surface area contributed by atoms with Crippen LogP contribution in [0.1, 0.15) is 62.9 Å². The molecule has 0 unspecified atom stereocenters. The number of cyclic esters (lactones) is 1. The van der Waals surface area contributed by atoms with Gasteiger partial charge in [0.1, 0.15) is 17.3 Å². The standard InChI is InChI=1S/C28H37NO7/c1-17(2)25-28(5,6)36-27(33)29(25)26(32)19(4)24(31)23-16-21(20-10-7-9-18(3)15-20)22(35-23)11-8-13-34-14-12-30/h7,9-10,15-17,19,25,30H,8,11-14H2,1-6H3/t19-,25-/m1/s1. The summed E-state index contributed by atoms with van der Waals surface area (Å²) in [5, 5.41) is 8.89. The predicted octanol–water partition coefficient (Wildman–Crippen LogP) is 4.80. The number of carbonyl (C=O) groups excluding carboxylic acids is 3. The van der Waals surface area contributed by atoms with Gasteiger partial charge in [-0.05, 0) is 51.7 Å². The third-order valence-corrected chi connectivity index (χ3v) is 6.48. The fraction of sp³-hybridized carbons (Fsp3) is 0.536. The van der Waals surface area contributed by atoms with Gasteiger partial charge in [-0.2, -0.15) is 0 Å². The second kappa shape index (κ2) is 11.4. The van der Waals surface area contributed by atoms with Crippen LogP contribution in [-0.4, -0.2) is 59.3 Å². The summed E-state index contributed by atoms with van der Waals surface area (Å²) < 4.78 is 16.8. The Bertz CT molecular complexity index is 1100. The molecule has 0 radical (unpaired) electrons. The summed E-state index contributed by atoms with van der Waals surface area (Å²) in [6.45, 7) is 11.5. The number of Topliss-reactive ketones (excluding diaryl/α,β-unsaturated/α-hetero) is 1. The van der Waals surface area contributed by atoms with Gasteiger partial charge in [-0.3, -0.25) is 9.59 Å². The number of benzene rings is 1. The predicted molar refractivity (Wildman–Crippen MR) is 135 cm³/mol. The second-order valence-electron chi connectivity index (χ2n) is 10.2. The minimum atomic E-state index is -1.12. The minimum Gasteiger partial charge on any atom is -0.457 e. The molecule has 0 saturated carbocycles. The number of amides is 2. The molecule has 2 aromatic rings. The van der Waals surface area contributed by atoms with Crippen molar-refractivity contribution in [2.75, 3.05) is 19.8 Å². The zero-order valence-electron chi connectivity index (χ0n) is 22.0. The Balaban J connectivity index is 1.87. The lowest BCUT2D eigenvalue weighted by Crippen LogP contribution is -2.50. The quantitative estimate of drug-likeness (QED) is 0.269. The summed E-state index contributed by atoms with van der Waals surface area (Å²) in [5.74, 6) is -1.55. The first-order valence-corrected chi connectivity index (χ1v) is 12.5. The molecule has 1 saturated heterocycles. The molecule has 196 valence electrons. The maximum absolute atomic E-state index is 13.4. The number of ketones is 1. The Kier molecular flexibility index (Phi) is 8.74. The molecule has 0 spiro atoms. The van der Waals surface area contributed by atoms with Crippen molar-refractivity contribution in [2.24, 2.45) is 11.8 Å². The molecule has 8 nitrogen and oxygen atoms in total. The Morgan fingerprint density at radius 2 is 1.89 bits per heavy atom. The Labute approximate surface area is 212 Å². The van der Waals surface area contributed by atoms with E-state index in [0.29, 0.717) is 25.2 Å². The molecule has 2 amide bonds. The number of rotatable bonds is 11. The molecular weight excluding hydrogens is 462 g/mol. The van der Waals surface area contributed by atoms with Crippen molar-refractivity contribution in [3.8, 4) is 11.1 Å². The highest BCUT2D eigenvalue weighted by Gasteiger charge is 2.53. The maximum atomic E-state index is 13.4. The molecule has 0 aliphatic carbocycles. The number of carbonyl (C=O) groups is 3. The number of imide groups is 1. The first kappa shape index (κ1) is 27.6. The van der Waals surface area contributed by atoms with Gasteiger partial charge in [-0.15, -0.1) is 0 Å². The van der Waals surface area contributed by atoms with Crippen LogP contribution in [0.2, 0.25) is 0 Å². The number of nitrogens with zero attached hydrogens (tertiary/aromatic N) is 1. The molecule has 3 rings (SSSR count). The van der Waals surface area contributed by atoms with E-state index in [-0.39, 0.29) is 24.9 Å². The van der Waals surface area contributed by atoms with E-state index in [2.05, 4.69) is 0 Å². The fourth-order valence-corrected chi connectivity index (χ4v) is 4.92. The Morgan fingerprint density at radius 1 is 1.17 bits per heavy atom. The van der Waals surface area contributed by atoms with Crippen LogP contribution in [0.25, 0.3) is 11.1 Å². The highest BCUT2D eigenvalue weighted by molar-refractivity contribution is 6.12. The van der Waals surface area contributed by atoms with E-state index in [0.717, 1.165) is 21.6 Å². The molecule has 2 heterocycles. The van der Waals surface area contributed by atoms with E-state index in [1.807, 2.05) is 45.0 Å². The topological polar surface area (TPSA) is 106 Å². The number of aryl methyl sites for hydroxylation is 2. The van der Waals surface area contributed by atoms with Crippen molar-refractivity contribution in [1.82, 2.24) is 4.90 Å². The number of hydrogen-bond donors (Lipinski definition) is 1. The molecule has 1 fully saturated rings. The first-order chi connectivity index (χ1) is 17.0. The van der Waals surface area contributed by atoms with E-state index >= 15 is 0 Å². The Morgan fingerprint density at radius 3 is 2.53 bits per heavy atom. The first-order valence-electron chi connectivity index (χ1n) is 12.5. The molecule has 1 N–H and O–H groups in total. The molecule has 0 bridgehead atoms. The lowest BCUT2D eigenvalue weighted by Gasteiger charge is -2.31. The highest BCUT2D eigenvalue weighted by atomic mass is 16.6. The molecule has 2 atom stereocenters. The van der Waals surface area contributed by atoms with Crippen molar-refractivity contribution in [3.63, 3.8) is 0 Å². The van der Waals surface area contributed by atoms with E-state index < -0.39 is 35.3 Å². The lowest BCUT2D eigenvalue weighted by molar-refractivity contribution is -0.132. The normalized spacial score (nSPS) is 17.9. The lowest BCUT2D eigenvalue weighted by atomic mass is 9.88. The van der Waals surface area contributed by atoms with E-state index in [1.165, 1.54) is 6.92 Å². The summed E-state index contributed by atoms with van der Waals surface area (Å²) in [4.78, 5) is 40.5. The number of ether oxygens (including phenoxy) is 2. The Hall–Kier alpha value is -2.97. The van der Waals surface area contributed by atoms with Crippen LogP contribution in [0.4, 0.5) is 4.79 Å². The van der Waals surface area contributed by atoms with Gasteiger partial charge in [-0.25, -0.2) is 9.69 Å². The smallest absolute Gasteiger partial charge is 0.417 e. The fourth-order valence-electron chi connectivity index (χ4n) is 4.92. The molecule has 8 heteroatoms. The van der Waals surface area contributed by atoms with Gasteiger partial charge in [-0.1, -0.05) is 43.7 Å². The second-order valence-corrected chi connectivity index (χ2v) is 10.2. The molecule has 1 aliphatic rings. The zero-order valence-corrected chi connectivity index (χ0v) is 22.0. The van der Waals surface area contributed by atoms with Crippen LogP contribution >= 0.6 is 0 Å². The van der Waals surface area contributed by atoms with E-state index in [9.17, 15) is 14.4 Å². The van der Waals surface area contributed by atoms with Gasteiger partial charge in [0.2, 0.25) is 11.7 Å². The third kappa shape index (κ3) is 5.87. The van der Waals surface area contributed by atoms with Crippen molar-refractivity contribution >= 4 is 17.8 Å².